The van der Waals surface area contributed by atoms with E-state index in [0.717, 1.165) is 64.6 Å². The number of piperazine rings is 1. The molecule has 0 spiro atoms. The zero-order valence-electron chi connectivity index (χ0n) is 18.4. The van der Waals surface area contributed by atoms with E-state index in [9.17, 15) is 4.79 Å². The molecule has 28 heavy (non-hydrogen) atoms. The smallest absolute Gasteiger partial charge is 0.220 e. The molecular formula is C20H41IN6O. The molecule has 2 aliphatic heterocycles. The number of nitrogens with one attached hydrogen (secondary N) is 2. The number of halogens is 1. The Morgan fingerprint density at radius 3 is 2.21 bits per heavy atom. The maximum absolute atomic E-state index is 11.6. The van der Waals surface area contributed by atoms with Crippen molar-refractivity contribution in [2.75, 3.05) is 67.0 Å². The van der Waals surface area contributed by atoms with Crippen molar-refractivity contribution in [3.63, 3.8) is 0 Å². The van der Waals surface area contributed by atoms with Crippen LogP contribution in [0.15, 0.2) is 4.99 Å². The molecule has 0 aromatic heterocycles. The standard InChI is InChI=1S/C20H40N6O.HI/c1-16(2)18(25-12-10-24(5)11-13-25)15-23-20(22-4)26-8-6-17(7-9-26)14-19(27)21-3;/h16-18H,6-15H2,1-5H3,(H,21,27)(H,22,23);1H. The highest BCUT2D eigenvalue weighted by atomic mass is 127. The van der Waals surface area contributed by atoms with Gasteiger partial charge in [-0.15, -0.1) is 24.0 Å². The van der Waals surface area contributed by atoms with E-state index in [4.69, 9.17) is 0 Å². The monoisotopic (exact) mass is 508 g/mol. The molecule has 7 nitrogen and oxygen atoms in total. The van der Waals surface area contributed by atoms with E-state index in [1.165, 1.54) is 0 Å². The summed E-state index contributed by atoms with van der Waals surface area (Å²) in [6.45, 7) is 12.1. The number of carbonyl (C=O) groups excluding carboxylic acids is 1. The molecule has 2 rings (SSSR count). The van der Waals surface area contributed by atoms with E-state index in [1.807, 2.05) is 7.05 Å². The first-order valence-corrected chi connectivity index (χ1v) is 10.5. The van der Waals surface area contributed by atoms with Crippen molar-refractivity contribution in [3.05, 3.63) is 0 Å². The van der Waals surface area contributed by atoms with E-state index in [-0.39, 0.29) is 29.9 Å². The van der Waals surface area contributed by atoms with Crippen LogP contribution in [0.25, 0.3) is 0 Å². The zero-order valence-corrected chi connectivity index (χ0v) is 20.7. The van der Waals surface area contributed by atoms with Crippen LogP contribution < -0.4 is 10.6 Å². The molecule has 0 aromatic carbocycles. The van der Waals surface area contributed by atoms with Gasteiger partial charge < -0.3 is 20.4 Å². The third kappa shape index (κ3) is 7.67. The lowest BCUT2D eigenvalue weighted by Crippen LogP contribution is -2.56. The number of nitrogens with zero attached hydrogens (tertiary/aromatic N) is 4. The molecule has 2 N–H and O–H groups in total. The van der Waals surface area contributed by atoms with Gasteiger partial charge in [-0.25, -0.2) is 0 Å². The summed E-state index contributed by atoms with van der Waals surface area (Å²) in [7, 11) is 5.80. The van der Waals surface area contributed by atoms with Crippen LogP contribution in [-0.4, -0.2) is 99.6 Å². The number of likely N-dealkylation sites (tertiary alicyclic amines) is 1. The van der Waals surface area contributed by atoms with Crippen molar-refractivity contribution in [2.45, 2.75) is 39.2 Å². The van der Waals surface area contributed by atoms with Crippen LogP contribution in [0, 0.1) is 11.8 Å². The van der Waals surface area contributed by atoms with Gasteiger partial charge in [0.05, 0.1) is 0 Å². The minimum Gasteiger partial charge on any atom is -0.359 e. The van der Waals surface area contributed by atoms with Crippen molar-refractivity contribution < 1.29 is 4.79 Å². The summed E-state index contributed by atoms with van der Waals surface area (Å²) >= 11 is 0. The normalized spacial score (nSPS) is 21.4. The Bertz CT molecular complexity index is 485. The van der Waals surface area contributed by atoms with Gasteiger partial charge in [0.15, 0.2) is 5.96 Å². The number of rotatable bonds is 6. The van der Waals surface area contributed by atoms with Crippen LogP contribution in [-0.2, 0) is 4.79 Å². The second-order valence-electron chi connectivity index (χ2n) is 8.39. The molecule has 0 saturated carbocycles. The highest BCUT2D eigenvalue weighted by Gasteiger charge is 2.27. The summed E-state index contributed by atoms with van der Waals surface area (Å²) in [5.41, 5.74) is 0. The lowest BCUT2D eigenvalue weighted by Gasteiger charge is -2.41. The SMILES string of the molecule is CN=C(NCC(C(C)C)N1CCN(C)CC1)N1CCC(CC(=O)NC)CC1.I. The highest BCUT2D eigenvalue weighted by Crippen LogP contribution is 2.20. The molecule has 2 heterocycles. The van der Waals surface area contributed by atoms with Crippen molar-refractivity contribution >= 4 is 35.8 Å². The molecule has 0 aromatic rings. The fraction of sp³-hybridized carbons (Fsp3) is 0.900. The summed E-state index contributed by atoms with van der Waals surface area (Å²) in [6, 6.07) is 0.529. The second kappa shape index (κ2) is 12.8. The molecule has 0 radical (unpaired) electrons. The van der Waals surface area contributed by atoms with Crippen molar-refractivity contribution in [1.82, 2.24) is 25.3 Å². The molecule has 0 aliphatic carbocycles. The van der Waals surface area contributed by atoms with Crippen molar-refractivity contribution in [2.24, 2.45) is 16.8 Å². The van der Waals surface area contributed by atoms with E-state index >= 15 is 0 Å². The van der Waals surface area contributed by atoms with E-state index < -0.39 is 0 Å². The summed E-state index contributed by atoms with van der Waals surface area (Å²) in [5.74, 6) is 2.27. The largest absolute Gasteiger partial charge is 0.359 e. The van der Waals surface area contributed by atoms with Crippen molar-refractivity contribution in [1.29, 1.82) is 0 Å². The lowest BCUT2D eigenvalue weighted by molar-refractivity contribution is -0.121. The average molecular weight is 508 g/mol. The van der Waals surface area contributed by atoms with Crippen LogP contribution in [0.1, 0.15) is 33.1 Å². The van der Waals surface area contributed by atoms with Gasteiger partial charge >= 0.3 is 0 Å². The highest BCUT2D eigenvalue weighted by molar-refractivity contribution is 14.0. The first-order chi connectivity index (χ1) is 12.9. The van der Waals surface area contributed by atoms with Gasteiger partial charge in [0.25, 0.3) is 0 Å². The predicted octanol–water partition coefficient (Wildman–Crippen LogP) is 1.30. The maximum Gasteiger partial charge on any atom is 0.220 e. The third-order valence-electron chi connectivity index (χ3n) is 6.12. The topological polar surface area (TPSA) is 63.2 Å². The molecule has 2 fully saturated rings. The Kier molecular flexibility index (Phi) is 11.7. The van der Waals surface area contributed by atoms with Crippen LogP contribution in [0.5, 0.6) is 0 Å². The molecule has 2 saturated heterocycles. The first kappa shape index (κ1) is 25.4. The molecule has 164 valence electrons. The number of hydrogen-bond donors (Lipinski definition) is 2. The Labute approximate surface area is 188 Å². The molecule has 0 bridgehead atoms. The Morgan fingerprint density at radius 1 is 1.11 bits per heavy atom. The Morgan fingerprint density at radius 2 is 1.71 bits per heavy atom. The van der Waals surface area contributed by atoms with E-state index in [0.29, 0.717) is 24.3 Å². The quantitative estimate of drug-likeness (QED) is 0.322. The molecule has 1 amide bonds. The Hall–Kier alpha value is -0.610. The maximum atomic E-state index is 11.6. The number of carbonyl (C=O) groups is 1. The van der Waals surface area contributed by atoms with Gasteiger partial charge in [-0.3, -0.25) is 14.7 Å². The van der Waals surface area contributed by atoms with Gasteiger partial charge in [0.2, 0.25) is 5.91 Å². The Balaban J connectivity index is 0.00000392. The minimum atomic E-state index is 0. The van der Waals surface area contributed by atoms with Gasteiger partial charge in [-0.2, -0.15) is 0 Å². The summed E-state index contributed by atoms with van der Waals surface area (Å²) in [6.07, 6.45) is 2.76. The second-order valence-corrected chi connectivity index (χ2v) is 8.39. The number of piperidine rings is 1. The molecule has 8 heteroatoms. The minimum absolute atomic E-state index is 0. The van der Waals surface area contributed by atoms with Crippen LogP contribution in [0.2, 0.25) is 0 Å². The molecule has 1 unspecified atom stereocenters. The predicted molar refractivity (Wildman–Crippen MR) is 127 cm³/mol. The number of hydrogen-bond acceptors (Lipinski definition) is 4. The zero-order chi connectivity index (χ0) is 19.8. The third-order valence-corrected chi connectivity index (χ3v) is 6.12. The summed E-state index contributed by atoms with van der Waals surface area (Å²) in [4.78, 5) is 23.5. The number of amides is 1. The average Bonchev–Trinajstić information content (AvgIpc) is 2.67. The van der Waals surface area contributed by atoms with Gasteiger partial charge in [0, 0.05) is 72.4 Å². The first-order valence-electron chi connectivity index (χ1n) is 10.5. The number of guanidine groups is 1. The molecular weight excluding hydrogens is 467 g/mol. The summed E-state index contributed by atoms with van der Waals surface area (Å²) < 4.78 is 0. The fourth-order valence-electron chi connectivity index (χ4n) is 4.18. The lowest BCUT2D eigenvalue weighted by atomic mass is 9.93. The van der Waals surface area contributed by atoms with Gasteiger partial charge in [0.1, 0.15) is 0 Å². The summed E-state index contributed by atoms with van der Waals surface area (Å²) in [5, 5.41) is 6.38. The number of aliphatic imine (C=N–C) groups is 1. The van der Waals surface area contributed by atoms with Gasteiger partial charge in [-0.1, -0.05) is 13.8 Å². The van der Waals surface area contributed by atoms with Crippen LogP contribution in [0.4, 0.5) is 0 Å². The van der Waals surface area contributed by atoms with Crippen molar-refractivity contribution in [3.8, 4) is 0 Å². The molecule has 1 atom stereocenters. The van der Waals surface area contributed by atoms with Crippen LogP contribution in [0.3, 0.4) is 0 Å². The van der Waals surface area contributed by atoms with E-state index in [1.54, 1.807) is 7.05 Å². The molecule has 2 aliphatic rings. The van der Waals surface area contributed by atoms with Crippen LogP contribution >= 0.6 is 24.0 Å². The van der Waals surface area contributed by atoms with Gasteiger partial charge in [-0.05, 0) is 31.7 Å². The number of likely N-dealkylation sites (N-methyl/N-ethyl adjacent to an activating group) is 1. The fourth-order valence-corrected chi connectivity index (χ4v) is 4.18. The van der Waals surface area contributed by atoms with E-state index in [2.05, 4.69) is 51.2 Å².